The number of ether oxygens (including phenoxy) is 1. The van der Waals surface area contributed by atoms with Crippen molar-refractivity contribution in [2.45, 2.75) is 45.6 Å². The molecule has 1 aliphatic rings. The van der Waals surface area contributed by atoms with Crippen molar-refractivity contribution in [1.82, 2.24) is 10.4 Å². The second kappa shape index (κ2) is 5.86. The summed E-state index contributed by atoms with van der Waals surface area (Å²) in [6.07, 6.45) is 3.97. The normalized spacial score (nSPS) is 22.3. The fourth-order valence-electron chi connectivity index (χ4n) is 1.56. The highest BCUT2D eigenvalue weighted by atomic mass is 16.6. The summed E-state index contributed by atoms with van der Waals surface area (Å²) < 4.78 is 5.00. The van der Waals surface area contributed by atoms with E-state index in [0.29, 0.717) is 12.6 Å². The lowest BCUT2D eigenvalue weighted by atomic mass is 10.3. The summed E-state index contributed by atoms with van der Waals surface area (Å²) in [4.78, 5) is 11.2. The van der Waals surface area contributed by atoms with Crippen molar-refractivity contribution in [1.29, 1.82) is 0 Å². The van der Waals surface area contributed by atoms with Crippen LogP contribution in [0.15, 0.2) is 0 Å². The van der Waals surface area contributed by atoms with Gasteiger partial charge >= 0.3 is 6.09 Å². The first-order valence-corrected chi connectivity index (χ1v) is 5.44. The van der Waals surface area contributed by atoms with Crippen LogP contribution >= 0.6 is 0 Å². The van der Waals surface area contributed by atoms with Gasteiger partial charge in [-0.2, -0.15) is 0 Å². The molecule has 0 aromatic carbocycles. The van der Waals surface area contributed by atoms with E-state index < -0.39 is 0 Å². The van der Waals surface area contributed by atoms with E-state index in [0.717, 1.165) is 32.2 Å². The zero-order valence-electron chi connectivity index (χ0n) is 9.08. The zero-order chi connectivity index (χ0) is 10.4. The van der Waals surface area contributed by atoms with Crippen molar-refractivity contribution in [2.24, 2.45) is 0 Å². The molecule has 0 radical (unpaired) electrons. The quantitative estimate of drug-likeness (QED) is 0.705. The Kier molecular flexibility index (Phi) is 4.73. The molecule has 1 saturated heterocycles. The molecule has 1 aliphatic heterocycles. The number of hydrogen-bond acceptors (Lipinski definition) is 3. The Morgan fingerprint density at radius 1 is 1.64 bits per heavy atom. The van der Waals surface area contributed by atoms with Gasteiger partial charge in [0.05, 0.1) is 6.61 Å². The number of rotatable bonds is 4. The van der Waals surface area contributed by atoms with Crippen molar-refractivity contribution >= 4 is 6.09 Å². The van der Waals surface area contributed by atoms with Gasteiger partial charge in [-0.05, 0) is 26.2 Å². The van der Waals surface area contributed by atoms with Crippen LogP contribution in [0.2, 0.25) is 0 Å². The summed E-state index contributed by atoms with van der Waals surface area (Å²) in [5, 5.41) is 1.95. The van der Waals surface area contributed by atoms with E-state index in [1.807, 2.05) is 5.01 Å². The Morgan fingerprint density at radius 3 is 3.00 bits per heavy atom. The fraction of sp³-hybridized carbons (Fsp3) is 0.900. The molecule has 0 aromatic heterocycles. The lowest BCUT2D eigenvalue weighted by Gasteiger charge is -2.21. The van der Waals surface area contributed by atoms with Crippen LogP contribution in [-0.2, 0) is 4.74 Å². The molecule has 1 atom stereocenters. The maximum atomic E-state index is 11.2. The molecule has 0 aromatic rings. The first-order valence-electron chi connectivity index (χ1n) is 5.44. The van der Waals surface area contributed by atoms with Gasteiger partial charge in [-0.1, -0.05) is 13.3 Å². The minimum absolute atomic E-state index is 0.313. The molecule has 1 heterocycles. The Hall–Kier alpha value is -0.770. The second-order valence-electron chi connectivity index (χ2n) is 3.79. The highest BCUT2D eigenvalue weighted by Gasteiger charge is 2.21. The van der Waals surface area contributed by atoms with Gasteiger partial charge in [-0.25, -0.2) is 9.80 Å². The average Bonchev–Trinajstić information content (AvgIpc) is 2.52. The predicted molar refractivity (Wildman–Crippen MR) is 54.8 cm³/mol. The minimum atomic E-state index is -0.313. The Morgan fingerprint density at radius 2 is 2.43 bits per heavy atom. The molecule has 4 nitrogen and oxygen atoms in total. The zero-order valence-corrected chi connectivity index (χ0v) is 9.08. The van der Waals surface area contributed by atoms with Gasteiger partial charge in [0.1, 0.15) is 0 Å². The predicted octanol–water partition coefficient (Wildman–Crippen LogP) is 1.91. The van der Waals surface area contributed by atoms with Crippen molar-refractivity contribution < 1.29 is 9.53 Å². The molecule has 0 bridgehead atoms. The van der Waals surface area contributed by atoms with Gasteiger partial charge in [0.2, 0.25) is 0 Å². The maximum absolute atomic E-state index is 11.2. The van der Waals surface area contributed by atoms with Gasteiger partial charge < -0.3 is 4.74 Å². The van der Waals surface area contributed by atoms with E-state index in [2.05, 4.69) is 19.3 Å². The molecule has 1 unspecified atom stereocenters. The highest BCUT2D eigenvalue weighted by molar-refractivity contribution is 5.66. The molecule has 1 rings (SSSR count). The van der Waals surface area contributed by atoms with Gasteiger partial charge in [0.15, 0.2) is 0 Å². The number of nitrogens with zero attached hydrogens (tertiary/aromatic N) is 1. The summed E-state index contributed by atoms with van der Waals surface area (Å²) in [7, 11) is 0. The molecular weight excluding hydrogens is 180 g/mol. The summed E-state index contributed by atoms with van der Waals surface area (Å²) in [6.45, 7) is 5.64. The smallest absolute Gasteiger partial charge is 0.421 e. The molecule has 0 aliphatic carbocycles. The van der Waals surface area contributed by atoms with Crippen LogP contribution < -0.4 is 5.43 Å². The highest BCUT2D eigenvalue weighted by Crippen LogP contribution is 2.13. The second-order valence-corrected chi connectivity index (χ2v) is 3.79. The van der Waals surface area contributed by atoms with Crippen LogP contribution in [0.1, 0.15) is 39.5 Å². The summed E-state index contributed by atoms with van der Waals surface area (Å²) in [5.41, 5.74) is 2.76. The lowest BCUT2D eigenvalue weighted by molar-refractivity contribution is 0.101. The average molecular weight is 200 g/mol. The maximum Gasteiger partial charge on any atom is 0.421 e. The van der Waals surface area contributed by atoms with Crippen LogP contribution in [0.3, 0.4) is 0 Å². The Balaban J connectivity index is 2.13. The third kappa shape index (κ3) is 3.54. The van der Waals surface area contributed by atoms with Crippen LogP contribution in [0, 0.1) is 0 Å². The number of nitrogens with one attached hydrogen (secondary N) is 1. The summed E-state index contributed by atoms with van der Waals surface area (Å²) in [6, 6.07) is 0.439. The van der Waals surface area contributed by atoms with Crippen molar-refractivity contribution in [3.8, 4) is 0 Å². The topological polar surface area (TPSA) is 41.6 Å². The number of carbonyl (C=O) groups is 1. The minimum Gasteiger partial charge on any atom is -0.449 e. The molecule has 4 heteroatoms. The van der Waals surface area contributed by atoms with Crippen LogP contribution in [0.4, 0.5) is 4.79 Å². The van der Waals surface area contributed by atoms with Crippen LogP contribution in [0.5, 0.6) is 0 Å². The fourth-order valence-corrected chi connectivity index (χ4v) is 1.56. The Labute approximate surface area is 85.6 Å². The first-order chi connectivity index (χ1) is 6.74. The number of hydrogen-bond donors (Lipinski definition) is 1. The van der Waals surface area contributed by atoms with Gasteiger partial charge in [0.25, 0.3) is 0 Å². The number of carbonyl (C=O) groups excluding carboxylic acids is 1. The van der Waals surface area contributed by atoms with Gasteiger partial charge in [-0.3, -0.25) is 5.43 Å². The van der Waals surface area contributed by atoms with E-state index in [1.165, 1.54) is 0 Å². The Bertz CT molecular complexity index is 185. The molecule has 82 valence electrons. The standard InChI is InChI=1S/C10H20N2O2/c1-3-4-8-14-10(13)11-12-7-5-6-9(12)2/h9H,3-8H2,1-2H3,(H,11,13). The monoisotopic (exact) mass is 200 g/mol. The van der Waals surface area contributed by atoms with E-state index in [9.17, 15) is 4.79 Å². The number of amides is 1. The lowest BCUT2D eigenvalue weighted by Crippen LogP contribution is -2.44. The molecule has 1 amide bonds. The van der Waals surface area contributed by atoms with Gasteiger partial charge in [0, 0.05) is 12.6 Å². The number of hydrazine groups is 1. The van der Waals surface area contributed by atoms with E-state index in [-0.39, 0.29) is 6.09 Å². The number of unbranched alkanes of at least 4 members (excludes halogenated alkanes) is 1. The molecule has 1 N–H and O–H groups in total. The molecule has 0 saturated carbocycles. The molecular formula is C10H20N2O2. The van der Waals surface area contributed by atoms with Crippen molar-refractivity contribution in [2.75, 3.05) is 13.2 Å². The molecule has 0 spiro atoms. The van der Waals surface area contributed by atoms with Crippen LogP contribution in [-0.4, -0.2) is 30.3 Å². The summed E-state index contributed by atoms with van der Waals surface area (Å²) in [5.74, 6) is 0. The van der Waals surface area contributed by atoms with Gasteiger partial charge in [-0.15, -0.1) is 0 Å². The van der Waals surface area contributed by atoms with E-state index >= 15 is 0 Å². The van der Waals surface area contributed by atoms with E-state index in [4.69, 9.17) is 4.74 Å². The van der Waals surface area contributed by atoms with Crippen LogP contribution in [0.25, 0.3) is 0 Å². The molecule has 14 heavy (non-hydrogen) atoms. The van der Waals surface area contributed by atoms with E-state index in [1.54, 1.807) is 0 Å². The largest absolute Gasteiger partial charge is 0.449 e. The third-order valence-corrected chi connectivity index (χ3v) is 2.52. The van der Waals surface area contributed by atoms with Crippen molar-refractivity contribution in [3.63, 3.8) is 0 Å². The third-order valence-electron chi connectivity index (χ3n) is 2.52. The SMILES string of the molecule is CCCCOC(=O)NN1CCCC1C. The van der Waals surface area contributed by atoms with Crippen molar-refractivity contribution in [3.05, 3.63) is 0 Å². The first kappa shape index (κ1) is 11.3. The summed E-state index contributed by atoms with van der Waals surface area (Å²) >= 11 is 0. The molecule has 1 fully saturated rings.